The van der Waals surface area contributed by atoms with Gasteiger partial charge >= 0.3 is 11.9 Å². The van der Waals surface area contributed by atoms with E-state index in [1.807, 2.05) is 4.90 Å². The predicted molar refractivity (Wildman–Crippen MR) is 186 cm³/mol. The molecule has 0 saturated carbocycles. The lowest BCUT2D eigenvalue weighted by atomic mass is 9.79. The van der Waals surface area contributed by atoms with Gasteiger partial charge in [-0.1, -0.05) is 130 Å². The number of nitrogens with zero attached hydrogens (tertiary/aromatic N) is 2. The normalized spacial score (nSPS) is 14.6. The molecule has 1 heterocycles. The Morgan fingerprint density at radius 3 is 1.31 bits per heavy atom. The molecule has 0 atom stereocenters. The first-order valence-corrected chi connectivity index (χ1v) is 19.2. The molecule has 1 aliphatic rings. The van der Waals surface area contributed by atoms with Crippen LogP contribution < -0.4 is 0 Å². The summed E-state index contributed by atoms with van der Waals surface area (Å²) in [7, 11) is 0. The van der Waals surface area contributed by atoms with Gasteiger partial charge in [0.25, 0.3) is 0 Å². The second-order valence-corrected chi connectivity index (χ2v) is 13.6. The second kappa shape index (κ2) is 27.5. The Balaban J connectivity index is 2.48. The maximum absolute atomic E-state index is 12.9. The molecule has 0 spiro atoms. The third-order valence-electron chi connectivity index (χ3n) is 9.76. The molecule has 7 nitrogen and oxygen atoms in total. The van der Waals surface area contributed by atoms with Crippen molar-refractivity contribution in [3.63, 3.8) is 0 Å². The number of likely N-dealkylation sites (tertiary alicyclic amines) is 1. The molecule has 1 amide bonds. The molecule has 0 N–H and O–H groups in total. The molecule has 1 aliphatic heterocycles. The molecule has 1 fully saturated rings. The standard InChI is InChI=1S/C38H72N2O5/c1-5-9-11-13-15-17-19-21-23-25-36(42)44-33-38(28-31-40(32-29-38)35(41)27-30-39(7-3)8-4)34-45-37(43)26-24-22-20-18-16-14-12-10-6-2/h5-34H2,1-4H3. The van der Waals surface area contributed by atoms with Gasteiger partial charge in [0.1, 0.15) is 13.2 Å². The summed E-state index contributed by atoms with van der Waals surface area (Å²) >= 11 is 0. The van der Waals surface area contributed by atoms with Crippen molar-refractivity contribution < 1.29 is 23.9 Å². The fourth-order valence-corrected chi connectivity index (χ4v) is 6.28. The fraction of sp³-hybridized carbons (Fsp3) is 0.921. The first-order chi connectivity index (χ1) is 21.9. The highest BCUT2D eigenvalue weighted by molar-refractivity contribution is 5.76. The molecule has 0 bridgehead atoms. The minimum Gasteiger partial charge on any atom is -0.465 e. The Kier molecular flexibility index (Phi) is 25.3. The highest BCUT2D eigenvalue weighted by Crippen LogP contribution is 2.33. The summed E-state index contributed by atoms with van der Waals surface area (Å²) in [6.45, 7) is 13.1. The number of hydrogen-bond donors (Lipinski definition) is 0. The SMILES string of the molecule is CCCCCCCCCCCC(=O)OCC1(COC(=O)CCCCCCCCCCC)CCN(C(=O)CCN(CC)CC)CC1. The highest BCUT2D eigenvalue weighted by atomic mass is 16.5. The van der Waals surface area contributed by atoms with Crippen LogP contribution in [0.25, 0.3) is 0 Å². The van der Waals surface area contributed by atoms with Gasteiger partial charge in [0.2, 0.25) is 5.91 Å². The van der Waals surface area contributed by atoms with Crippen LogP contribution in [-0.4, -0.2) is 73.6 Å². The van der Waals surface area contributed by atoms with Crippen LogP contribution in [0, 0.1) is 5.41 Å². The minimum atomic E-state index is -0.419. The molecular formula is C38H72N2O5. The summed E-state index contributed by atoms with van der Waals surface area (Å²) in [5.74, 6) is -0.132. The van der Waals surface area contributed by atoms with Crippen LogP contribution in [0.4, 0.5) is 0 Å². The van der Waals surface area contributed by atoms with Crippen LogP contribution in [0.5, 0.6) is 0 Å². The van der Waals surface area contributed by atoms with Crippen molar-refractivity contribution in [1.29, 1.82) is 0 Å². The van der Waals surface area contributed by atoms with Crippen molar-refractivity contribution in [2.45, 2.75) is 175 Å². The average Bonchev–Trinajstić information content (AvgIpc) is 3.05. The van der Waals surface area contributed by atoms with E-state index in [4.69, 9.17) is 9.47 Å². The second-order valence-electron chi connectivity index (χ2n) is 13.6. The summed E-state index contributed by atoms with van der Waals surface area (Å²) in [5, 5.41) is 0. The molecule has 264 valence electrons. The van der Waals surface area contributed by atoms with Crippen LogP contribution in [0.15, 0.2) is 0 Å². The van der Waals surface area contributed by atoms with E-state index in [0.29, 0.717) is 45.2 Å². The van der Waals surface area contributed by atoms with E-state index in [2.05, 4.69) is 32.6 Å². The maximum Gasteiger partial charge on any atom is 0.305 e. The van der Waals surface area contributed by atoms with E-state index < -0.39 is 5.41 Å². The van der Waals surface area contributed by atoms with Crippen LogP contribution in [-0.2, 0) is 23.9 Å². The molecule has 1 rings (SSSR count). The highest BCUT2D eigenvalue weighted by Gasteiger charge is 2.38. The van der Waals surface area contributed by atoms with Gasteiger partial charge in [-0.3, -0.25) is 14.4 Å². The third kappa shape index (κ3) is 21.0. The summed E-state index contributed by atoms with van der Waals surface area (Å²) in [4.78, 5) is 42.4. The fourth-order valence-electron chi connectivity index (χ4n) is 6.28. The van der Waals surface area contributed by atoms with E-state index >= 15 is 0 Å². The van der Waals surface area contributed by atoms with Crippen LogP contribution >= 0.6 is 0 Å². The van der Waals surface area contributed by atoms with E-state index in [1.54, 1.807) is 0 Å². The molecule has 0 unspecified atom stereocenters. The summed E-state index contributed by atoms with van der Waals surface area (Å²) in [6.07, 6.45) is 24.6. The number of carbonyl (C=O) groups is 3. The lowest BCUT2D eigenvalue weighted by Crippen LogP contribution is -2.48. The number of piperidine rings is 1. The van der Waals surface area contributed by atoms with E-state index in [9.17, 15) is 14.4 Å². The molecule has 0 aromatic carbocycles. The lowest BCUT2D eigenvalue weighted by molar-refractivity contribution is -0.158. The largest absolute Gasteiger partial charge is 0.465 e. The average molecular weight is 637 g/mol. The maximum atomic E-state index is 12.9. The van der Waals surface area contributed by atoms with Crippen LogP contribution in [0.3, 0.4) is 0 Å². The van der Waals surface area contributed by atoms with E-state index in [0.717, 1.165) is 45.3 Å². The number of rotatable bonds is 29. The van der Waals surface area contributed by atoms with E-state index in [1.165, 1.54) is 89.9 Å². The van der Waals surface area contributed by atoms with Crippen LogP contribution in [0.1, 0.15) is 175 Å². The molecule has 0 radical (unpaired) electrons. The monoisotopic (exact) mass is 637 g/mol. The number of carbonyl (C=O) groups excluding carboxylic acids is 3. The topological polar surface area (TPSA) is 76.1 Å². The lowest BCUT2D eigenvalue weighted by Gasteiger charge is -2.41. The smallest absolute Gasteiger partial charge is 0.305 e. The van der Waals surface area contributed by atoms with Crippen molar-refractivity contribution in [2.24, 2.45) is 5.41 Å². The van der Waals surface area contributed by atoms with Crippen molar-refractivity contribution in [2.75, 3.05) is 45.9 Å². The van der Waals surface area contributed by atoms with Gasteiger partial charge < -0.3 is 19.3 Å². The van der Waals surface area contributed by atoms with Gasteiger partial charge in [0.15, 0.2) is 0 Å². The van der Waals surface area contributed by atoms with Gasteiger partial charge in [-0.2, -0.15) is 0 Å². The van der Waals surface area contributed by atoms with Crippen molar-refractivity contribution in [3.05, 3.63) is 0 Å². The zero-order valence-electron chi connectivity index (χ0n) is 30.1. The minimum absolute atomic E-state index is 0.156. The van der Waals surface area contributed by atoms with Gasteiger partial charge in [0.05, 0.1) is 0 Å². The Labute approximate surface area is 277 Å². The Morgan fingerprint density at radius 2 is 0.933 bits per heavy atom. The zero-order valence-corrected chi connectivity index (χ0v) is 30.1. The third-order valence-corrected chi connectivity index (χ3v) is 9.76. The Bertz CT molecular complexity index is 706. The summed E-state index contributed by atoms with van der Waals surface area (Å²) in [5.41, 5.74) is -0.419. The van der Waals surface area contributed by atoms with Gasteiger partial charge in [0, 0.05) is 44.3 Å². The van der Waals surface area contributed by atoms with Crippen molar-refractivity contribution >= 4 is 17.8 Å². The molecule has 7 heteroatoms. The number of ether oxygens (including phenoxy) is 2. The predicted octanol–water partition coefficient (Wildman–Crippen LogP) is 9.26. The molecular weight excluding hydrogens is 564 g/mol. The van der Waals surface area contributed by atoms with Gasteiger partial charge in [-0.15, -0.1) is 0 Å². The number of amides is 1. The summed E-state index contributed by atoms with van der Waals surface area (Å²) < 4.78 is 11.6. The van der Waals surface area contributed by atoms with Crippen LogP contribution in [0.2, 0.25) is 0 Å². The van der Waals surface area contributed by atoms with Crippen molar-refractivity contribution in [1.82, 2.24) is 9.80 Å². The molecule has 1 saturated heterocycles. The van der Waals surface area contributed by atoms with Crippen molar-refractivity contribution in [3.8, 4) is 0 Å². The van der Waals surface area contributed by atoms with E-state index in [-0.39, 0.29) is 31.1 Å². The van der Waals surface area contributed by atoms with Gasteiger partial charge in [-0.05, 0) is 38.8 Å². The molecule has 0 aromatic rings. The Morgan fingerprint density at radius 1 is 0.556 bits per heavy atom. The molecule has 45 heavy (non-hydrogen) atoms. The zero-order chi connectivity index (χ0) is 33.0. The number of esters is 2. The number of unbranched alkanes of at least 4 members (excludes halogenated alkanes) is 16. The summed E-state index contributed by atoms with van der Waals surface area (Å²) in [6, 6.07) is 0. The number of hydrogen-bond acceptors (Lipinski definition) is 6. The van der Waals surface area contributed by atoms with Gasteiger partial charge in [-0.25, -0.2) is 0 Å². The first kappa shape index (κ1) is 41.4. The molecule has 0 aliphatic carbocycles. The molecule has 0 aromatic heterocycles. The first-order valence-electron chi connectivity index (χ1n) is 19.2. The Hall–Kier alpha value is -1.63. The quantitative estimate of drug-likeness (QED) is 0.0602.